The first-order valence-corrected chi connectivity index (χ1v) is 11.3. The number of rotatable bonds is 6. The zero-order chi connectivity index (χ0) is 22.7. The Labute approximate surface area is 186 Å². The lowest BCUT2D eigenvalue weighted by Gasteiger charge is -2.43. The topological polar surface area (TPSA) is 77.2 Å². The Kier molecular flexibility index (Phi) is 4.94. The second kappa shape index (κ2) is 7.46. The first kappa shape index (κ1) is 21.2. The number of alkyl halides is 2. The fourth-order valence-electron chi connectivity index (χ4n) is 5.57. The summed E-state index contributed by atoms with van der Waals surface area (Å²) in [4.78, 5) is 20.4. The molecule has 32 heavy (non-hydrogen) atoms. The van der Waals surface area contributed by atoms with E-state index in [1.807, 2.05) is 32.0 Å². The van der Waals surface area contributed by atoms with Crippen LogP contribution in [-0.2, 0) is 21.5 Å². The van der Waals surface area contributed by atoms with Gasteiger partial charge in [0.25, 0.3) is 5.91 Å². The highest BCUT2D eigenvalue weighted by atomic mass is 19.3. The number of carbonyl (C=O) groups is 1. The van der Waals surface area contributed by atoms with Crippen molar-refractivity contribution in [3.8, 4) is 5.75 Å². The number of halogens is 2. The number of carbonyl (C=O) groups excluding carboxylic acids is 1. The Balaban J connectivity index is 1.57. The van der Waals surface area contributed by atoms with Gasteiger partial charge in [0.15, 0.2) is 11.5 Å². The van der Waals surface area contributed by atoms with Crippen molar-refractivity contribution >= 4 is 11.9 Å². The van der Waals surface area contributed by atoms with Crippen LogP contribution < -0.4 is 10.5 Å². The van der Waals surface area contributed by atoms with E-state index in [-0.39, 0.29) is 23.7 Å². The minimum atomic E-state index is -2.85. The Morgan fingerprint density at radius 3 is 2.69 bits per heavy atom. The van der Waals surface area contributed by atoms with Gasteiger partial charge in [0, 0.05) is 17.9 Å². The third-order valence-corrected chi connectivity index (χ3v) is 7.33. The number of nitrogens with two attached hydrogens (primary N) is 1. The van der Waals surface area contributed by atoms with E-state index in [2.05, 4.69) is 4.74 Å². The van der Waals surface area contributed by atoms with Crippen LogP contribution in [-0.4, -0.2) is 36.0 Å². The van der Waals surface area contributed by atoms with E-state index < -0.39 is 17.6 Å². The van der Waals surface area contributed by atoms with E-state index in [0.717, 1.165) is 16.9 Å². The molecule has 2 unspecified atom stereocenters. The number of nitrogens with zero attached hydrogens (tertiary/aromatic N) is 2. The number of aliphatic imine (C=N–C) groups is 1. The smallest absolute Gasteiger partial charge is 0.387 e. The van der Waals surface area contributed by atoms with E-state index in [0.29, 0.717) is 38.2 Å². The van der Waals surface area contributed by atoms with Crippen LogP contribution in [0.4, 0.5) is 8.78 Å². The highest BCUT2D eigenvalue weighted by Gasteiger charge is 2.66. The van der Waals surface area contributed by atoms with Crippen LogP contribution in [0.2, 0.25) is 0 Å². The van der Waals surface area contributed by atoms with Crippen LogP contribution in [0.1, 0.15) is 57.1 Å². The quantitative estimate of drug-likeness (QED) is 0.716. The predicted molar refractivity (Wildman–Crippen MR) is 115 cm³/mol. The molecular weight excluding hydrogens is 416 g/mol. The SMILES string of the molecule is CC(C)N1C(=O)C2(N=C1N)c1cc(OCC3CC3)ccc1CC21CC=C(OC(F)F)CC1. The second-order valence-electron chi connectivity index (χ2n) is 9.73. The molecule has 0 bridgehead atoms. The first-order valence-electron chi connectivity index (χ1n) is 11.3. The Morgan fingerprint density at radius 2 is 2.09 bits per heavy atom. The van der Waals surface area contributed by atoms with Crippen molar-refractivity contribution in [1.29, 1.82) is 0 Å². The molecule has 5 rings (SSSR count). The molecule has 1 saturated carbocycles. The summed E-state index contributed by atoms with van der Waals surface area (Å²) < 4.78 is 36.2. The number of hydrogen-bond donors (Lipinski definition) is 1. The summed E-state index contributed by atoms with van der Waals surface area (Å²) in [6, 6.07) is 5.77. The van der Waals surface area contributed by atoms with E-state index in [1.165, 1.54) is 12.8 Å². The molecule has 0 aromatic heterocycles. The van der Waals surface area contributed by atoms with Gasteiger partial charge in [0.1, 0.15) is 5.75 Å². The van der Waals surface area contributed by atoms with Gasteiger partial charge in [-0.05, 0) is 81.2 Å². The van der Waals surface area contributed by atoms with Gasteiger partial charge in [-0.15, -0.1) is 0 Å². The zero-order valence-electron chi connectivity index (χ0n) is 18.4. The van der Waals surface area contributed by atoms with Crippen molar-refractivity contribution < 1.29 is 23.0 Å². The second-order valence-corrected chi connectivity index (χ2v) is 9.73. The summed E-state index contributed by atoms with van der Waals surface area (Å²) in [5.41, 5.74) is 6.40. The fraction of sp³-hybridized carbons (Fsp3) is 0.583. The first-order chi connectivity index (χ1) is 15.3. The van der Waals surface area contributed by atoms with Crippen LogP contribution in [0.3, 0.4) is 0 Å². The average molecular weight is 446 g/mol. The maximum Gasteiger partial charge on any atom is 0.387 e. The molecule has 1 aliphatic heterocycles. The molecule has 4 aliphatic rings. The molecule has 6 nitrogen and oxygen atoms in total. The summed E-state index contributed by atoms with van der Waals surface area (Å²) >= 11 is 0. The van der Waals surface area contributed by atoms with Crippen LogP contribution in [0.15, 0.2) is 35.0 Å². The molecule has 172 valence electrons. The standard InChI is InChI=1S/C24H29F2N3O3/c1-14(2)29-20(30)24(28-22(29)27)19-11-18(31-13-15-3-4-15)6-5-16(19)12-23(24)9-7-17(8-10-23)32-21(25)26/h5-7,11,14-15,21H,3-4,8-10,12-13H2,1-2H3,(H2,27,28). The molecule has 2 spiro atoms. The third-order valence-electron chi connectivity index (χ3n) is 7.33. The fourth-order valence-corrected chi connectivity index (χ4v) is 5.57. The summed E-state index contributed by atoms with van der Waals surface area (Å²) in [7, 11) is 0. The van der Waals surface area contributed by atoms with Crippen LogP contribution in [0, 0.1) is 11.3 Å². The van der Waals surface area contributed by atoms with Crippen LogP contribution in [0.5, 0.6) is 5.75 Å². The lowest BCUT2D eigenvalue weighted by Crippen LogP contribution is -2.52. The maximum absolute atomic E-state index is 14.0. The van der Waals surface area contributed by atoms with Crippen molar-refractivity contribution in [1.82, 2.24) is 4.90 Å². The molecule has 1 aromatic carbocycles. The third kappa shape index (κ3) is 3.18. The predicted octanol–water partition coefficient (Wildman–Crippen LogP) is 4.09. The average Bonchev–Trinajstić information content (AvgIpc) is 3.47. The number of fused-ring (bicyclic) bond motifs is 3. The largest absolute Gasteiger partial charge is 0.493 e. The van der Waals surface area contributed by atoms with Crippen LogP contribution >= 0.6 is 0 Å². The monoisotopic (exact) mass is 445 g/mol. The molecule has 8 heteroatoms. The van der Waals surface area contributed by atoms with E-state index in [4.69, 9.17) is 15.5 Å². The van der Waals surface area contributed by atoms with E-state index >= 15 is 0 Å². The molecule has 3 aliphatic carbocycles. The van der Waals surface area contributed by atoms with Crippen LogP contribution in [0.25, 0.3) is 0 Å². The Morgan fingerprint density at radius 1 is 1.31 bits per heavy atom. The van der Waals surface area contributed by atoms with Gasteiger partial charge in [0.2, 0.25) is 0 Å². The molecule has 1 aromatic rings. The van der Waals surface area contributed by atoms with Gasteiger partial charge in [-0.3, -0.25) is 9.69 Å². The number of benzene rings is 1. The van der Waals surface area contributed by atoms with Gasteiger partial charge in [-0.25, -0.2) is 4.99 Å². The number of ether oxygens (including phenoxy) is 2. The lowest BCUT2D eigenvalue weighted by atomic mass is 9.63. The van der Waals surface area contributed by atoms with Gasteiger partial charge >= 0.3 is 6.61 Å². The van der Waals surface area contributed by atoms with Crippen molar-refractivity contribution in [3.63, 3.8) is 0 Å². The highest BCUT2D eigenvalue weighted by molar-refractivity contribution is 6.08. The molecule has 0 saturated heterocycles. The Hall–Kier alpha value is -2.64. The summed E-state index contributed by atoms with van der Waals surface area (Å²) in [6.07, 6.45) is 5.95. The van der Waals surface area contributed by atoms with E-state index in [9.17, 15) is 13.6 Å². The minimum Gasteiger partial charge on any atom is -0.493 e. The molecule has 1 heterocycles. The van der Waals surface area contributed by atoms with E-state index in [1.54, 1.807) is 11.0 Å². The summed E-state index contributed by atoms with van der Waals surface area (Å²) in [6.45, 7) is 1.64. The normalized spacial score (nSPS) is 29.2. The molecule has 2 atom stereocenters. The molecule has 2 N–H and O–H groups in total. The summed E-state index contributed by atoms with van der Waals surface area (Å²) in [5.74, 6) is 1.67. The molecule has 1 fully saturated rings. The number of allylic oxidation sites excluding steroid dienone is 2. The number of guanidine groups is 1. The van der Waals surface area contributed by atoms with Crippen molar-refractivity contribution in [2.24, 2.45) is 22.1 Å². The number of hydrogen-bond acceptors (Lipinski definition) is 5. The van der Waals surface area contributed by atoms with Gasteiger partial charge in [-0.2, -0.15) is 8.78 Å². The summed E-state index contributed by atoms with van der Waals surface area (Å²) in [5, 5.41) is 0. The van der Waals surface area contributed by atoms with Gasteiger partial charge < -0.3 is 15.2 Å². The molecule has 1 amide bonds. The molecule has 0 radical (unpaired) electrons. The van der Waals surface area contributed by atoms with Gasteiger partial charge in [0.05, 0.1) is 12.4 Å². The highest BCUT2D eigenvalue weighted by Crippen LogP contribution is 2.62. The zero-order valence-corrected chi connectivity index (χ0v) is 18.4. The molecular formula is C24H29F2N3O3. The minimum absolute atomic E-state index is 0.141. The van der Waals surface area contributed by atoms with Crippen molar-refractivity contribution in [2.45, 2.75) is 70.6 Å². The lowest BCUT2D eigenvalue weighted by molar-refractivity contribution is -0.138. The van der Waals surface area contributed by atoms with Gasteiger partial charge in [-0.1, -0.05) is 6.07 Å². The van der Waals surface area contributed by atoms with Crippen molar-refractivity contribution in [3.05, 3.63) is 41.2 Å². The maximum atomic E-state index is 14.0. The Bertz CT molecular complexity index is 1000. The van der Waals surface area contributed by atoms with Crippen molar-refractivity contribution in [2.75, 3.05) is 6.61 Å². The number of amides is 1.